The van der Waals surface area contributed by atoms with Crippen LogP contribution in [0.3, 0.4) is 0 Å². The third kappa shape index (κ3) is 4.77. The molecule has 5 nitrogen and oxygen atoms in total. The van der Waals surface area contributed by atoms with Gasteiger partial charge in [-0.3, -0.25) is 0 Å². The zero-order valence-electron chi connectivity index (χ0n) is 26.6. The summed E-state index contributed by atoms with van der Waals surface area (Å²) in [6.07, 6.45) is 0. The highest BCUT2D eigenvalue weighted by atomic mass is 32.1. The third-order valence-electron chi connectivity index (χ3n) is 9.11. The molecule has 4 aromatic heterocycles. The van der Waals surface area contributed by atoms with Gasteiger partial charge in [-0.1, -0.05) is 127 Å². The zero-order chi connectivity index (χ0) is 33.0. The fourth-order valence-corrected chi connectivity index (χ4v) is 7.85. The second-order valence-electron chi connectivity index (χ2n) is 12.2. The molecule has 10 aromatic rings. The Morgan fingerprint density at radius 2 is 0.960 bits per heavy atom. The topological polar surface area (TPSA) is 64.7 Å². The van der Waals surface area contributed by atoms with Crippen molar-refractivity contribution in [2.24, 2.45) is 0 Å². The largest absolute Gasteiger partial charge is 0.452 e. The first-order chi connectivity index (χ1) is 24.8. The van der Waals surface area contributed by atoms with E-state index >= 15 is 0 Å². The highest BCUT2D eigenvalue weighted by molar-refractivity contribution is 7.26. The quantitative estimate of drug-likeness (QED) is 0.184. The van der Waals surface area contributed by atoms with E-state index in [0.29, 0.717) is 11.4 Å². The monoisotopic (exact) mass is 658 g/mol. The van der Waals surface area contributed by atoms with E-state index in [-0.39, 0.29) is 0 Å². The molecule has 0 radical (unpaired) electrons. The first-order valence-electron chi connectivity index (χ1n) is 16.5. The number of rotatable bonds is 5. The van der Waals surface area contributed by atoms with Crippen LogP contribution < -0.4 is 0 Å². The van der Waals surface area contributed by atoms with Crippen molar-refractivity contribution in [1.82, 2.24) is 19.9 Å². The summed E-state index contributed by atoms with van der Waals surface area (Å²) in [7, 11) is 0. The predicted molar refractivity (Wildman–Crippen MR) is 205 cm³/mol. The van der Waals surface area contributed by atoms with Crippen molar-refractivity contribution < 1.29 is 4.42 Å². The number of hydrogen-bond acceptors (Lipinski definition) is 6. The Kier molecular flexibility index (Phi) is 6.60. The molecule has 0 aliphatic rings. The molecular weight excluding hydrogens is 633 g/mol. The molecule has 0 N–H and O–H groups in total. The first-order valence-corrected chi connectivity index (χ1v) is 17.3. The average molecular weight is 659 g/mol. The number of nitrogens with zero attached hydrogens (tertiary/aromatic N) is 4. The Hall–Kier alpha value is -6.50. The molecule has 6 aromatic carbocycles. The van der Waals surface area contributed by atoms with E-state index in [4.69, 9.17) is 24.4 Å². The van der Waals surface area contributed by atoms with Crippen LogP contribution >= 0.6 is 11.3 Å². The van der Waals surface area contributed by atoms with Crippen LogP contribution in [-0.4, -0.2) is 19.9 Å². The van der Waals surface area contributed by atoms with Gasteiger partial charge in [-0.25, -0.2) is 19.9 Å². The number of aromatic nitrogens is 4. The van der Waals surface area contributed by atoms with Crippen LogP contribution in [0.4, 0.5) is 0 Å². The third-order valence-corrected chi connectivity index (χ3v) is 10.3. The van der Waals surface area contributed by atoms with Crippen molar-refractivity contribution in [3.05, 3.63) is 158 Å². The van der Waals surface area contributed by atoms with Gasteiger partial charge in [0.1, 0.15) is 16.8 Å². The van der Waals surface area contributed by atoms with E-state index in [0.717, 1.165) is 82.7 Å². The lowest BCUT2D eigenvalue weighted by Gasteiger charge is -2.10. The molecule has 0 bridgehead atoms. The van der Waals surface area contributed by atoms with Crippen molar-refractivity contribution in [2.45, 2.75) is 0 Å². The number of para-hydroxylation sites is 1. The van der Waals surface area contributed by atoms with E-state index in [1.54, 1.807) is 11.3 Å². The van der Waals surface area contributed by atoms with Gasteiger partial charge in [0.2, 0.25) is 0 Å². The summed E-state index contributed by atoms with van der Waals surface area (Å²) in [5.41, 5.74) is 11.1. The summed E-state index contributed by atoms with van der Waals surface area (Å²) in [5, 5.41) is 2.12. The summed E-state index contributed by atoms with van der Waals surface area (Å²) >= 11 is 1.74. The molecule has 0 fully saturated rings. The maximum atomic E-state index is 6.33. The molecule has 0 spiro atoms. The smallest absolute Gasteiger partial charge is 0.180 e. The van der Waals surface area contributed by atoms with Gasteiger partial charge >= 0.3 is 0 Å². The highest BCUT2D eigenvalue weighted by Gasteiger charge is 2.19. The molecule has 6 heteroatoms. The van der Waals surface area contributed by atoms with Crippen molar-refractivity contribution >= 4 is 53.7 Å². The maximum absolute atomic E-state index is 6.33. The minimum Gasteiger partial charge on any atom is -0.452 e. The fraction of sp³-hybridized carbons (Fsp3) is 0. The molecule has 50 heavy (non-hydrogen) atoms. The molecule has 0 amide bonds. The molecule has 0 unspecified atom stereocenters. The number of thiophene rings is 1. The number of hydrogen-bond donors (Lipinski definition) is 0. The summed E-state index contributed by atoms with van der Waals surface area (Å²) in [6.45, 7) is 0. The number of benzene rings is 6. The van der Waals surface area contributed by atoms with Crippen molar-refractivity contribution in [1.29, 1.82) is 0 Å². The second kappa shape index (κ2) is 11.6. The van der Waals surface area contributed by atoms with Gasteiger partial charge in [-0.05, 0) is 41.5 Å². The SMILES string of the molecule is c1ccc(-c2nc(-c3cccc(-c4cccc(-c5nc(-c6ccccc6)c6oc7ccccc7c6n5)c4)c3)c3sc4ccccc4c3n2)cc1. The van der Waals surface area contributed by atoms with Crippen LogP contribution in [0.25, 0.3) is 98.8 Å². The molecule has 0 aliphatic heterocycles. The summed E-state index contributed by atoms with van der Waals surface area (Å²) < 4.78 is 8.61. The van der Waals surface area contributed by atoms with Gasteiger partial charge in [0.25, 0.3) is 0 Å². The van der Waals surface area contributed by atoms with Gasteiger partial charge in [0.15, 0.2) is 17.2 Å². The van der Waals surface area contributed by atoms with Gasteiger partial charge < -0.3 is 4.42 Å². The molecule has 10 rings (SSSR count). The molecule has 0 atom stereocenters. The Labute approximate surface area is 291 Å². The van der Waals surface area contributed by atoms with E-state index in [2.05, 4.69) is 103 Å². The van der Waals surface area contributed by atoms with E-state index < -0.39 is 0 Å². The minimum absolute atomic E-state index is 0.649. The number of fused-ring (bicyclic) bond motifs is 6. The second-order valence-corrected chi connectivity index (χ2v) is 13.3. The lowest BCUT2D eigenvalue weighted by Crippen LogP contribution is -1.94. The lowest BCUT2D eigenvalue weighted by atomic mass is 9.99. The van der Waals surface area contributed by atoms with E-state index in [1.165, 1.54) is 4.70 Å². The minimum atomic E-state index is 0.649. The summed E-state index contributed by atoms with van der Waals surface area (Å²) in [5.74, 6) is 1.37. The van der Waals surface area contributed by atoms with Crippen LogP contribution in [0.5, 0.6) is 0 Å². The van der Waals surface area contributed by atoms with Gasteiger partial charge in [-0.15, -0.1) is 11.3 Å². The Morgan fingerprint density at radius 3 is 1.76 bits per heavy atom. The van der Waals surface area contributed by atoms with Crippen molar-refractivity contribution in [3.63, 3.8) is 0 Å². The van der Waals surface area contributed by atoms with Crippen LogP contribution in [0.2, 0.25) is 0 Å². The Balaban J connectivity index is 1.12. The lowest BCUT2D eigenvalue weighted by molar-refractivity contribution is 0.667. The predicted octanol–water partition coefficient (Wildman–Crippen LogP) is 11.9. The van der Waals surface area contributed by atoms with Gasteiger partial charge in [0, 0.05) is 37.7 Å². The average Bonchev–Trinajstić information content (AvgIpc) is 3.76. The molecule has 4 heterocycles. The Morgan fingerprint density at radius 1 is 0.400 bits per heavy atom. The molecule has 0 saturated carbocycles. The van der Waals surface area contributed by atoms with Gasteiger partial charge in [-0.2, -0.15) is 0 Å². The van der Waals surface area contributed by atoms with Crippen LogP contribution in [0.15, 0.2) is 162 Å². The van der Waals surface area contributed by atoms with Gasteiger partial charge in [0.05, 0.1) is 15.9 Å². The molecule has 0 aliphatic carbocycles. The Bertz CT molecular complexity index is 2880. The highest BCUT2D eigenvalue weighted by Crippen LogP contribution is 2.41. The van der Waals surface area contributed by atoms with E-state index in [1.807, 2.05) is 54.6 Å². The van der Waals surface area contributed by atoms with Crippen LogP contribution in [0, 0.1) is 0 Å². The van der Waals surface area contributed by atoms with E-state index in [9.17, 15) is 0 Å². The normalized spacial score (nSPS) is 11.6. The summed E-state index contributed by atoms with van der Waals surface area (Å²) in [4.78, 5) is 20.5. The molecule has 0 saturated heterocycles. The standard InChI is InChI=1S/C44H26N4OS/c1-3-13-27(14-4-1)37-41-39(33-21-7-9-23-35(33)49-41)47-44(45-37)32-20-12-18-30(26-32)29-17-11-19-31(25-29)38-42-40(34-22-8-10-24-36(34)50-42)48-43(46-38)28-15-5-2-6-16-28/h1-26H. The summed E-state index contributed by atoms with van der Waals surface area (Å²) in [6, 6.07) is 53.9. The van der Waals surface area contributed by atoms with Crippen LogP contribution in [0.1, 0.15) is 0 Å². The number of furan rings is 1. The molecular formula is C44H26N4OS. The van der Waals surface area contributed by atoms with Crippen molar-refractivity contribution in [2.75, 3.05) is 0 Å². The fourth-order valence-electron chi connectivity index (χ4n) is 6.70. The maximum Gasteiger partial charge on any atom is 0.180 e. The zero-order valence-corrected chi connectivity index (χ0v) is 27.4. The van der Waals surface area contributed by atoms with Crippen LogP contribution in [-0.2, 0) is 0 Å². The first kappa shape index (κ1) is 28.5. The van der Waals surface area contributed by atoms with Crippen molar-refractivity contribution in [3.8, 4) is 56.4 Å². The molecule has 234 valence electrons.